The Morgan fingerprint density at radius 2 is 0.697 bits per heavy atom. The fraction of sp³-hybridized carbons (Fsp3) is 0.778. The summed E-state index contributed by atoms with van der Waals surface area (Å²) in [5, 5.41) is 9.69. The first kappa shape index (κ1) is 92.9. The van der Waals surface area contributed by atoms with Crippen LogP contribution in [0.1, 0.15) is 47.0 Å². The van der Waals surface area contributed by atoms with E-state index >= 15 is 0 Å². The summed E-state index contributed by atoms with van der Waals surface area (Å²) >= 11 is 0. The number of rotatable bonds is 32. The number of carbonyl (C=O) groups is 4. The van der Waals surface area contributed by atoms with Crippen molar-refractivity contribution in [3.8, 4) is 0 Å². The standard InChI is InChI=1S/C15H26F6O3Si2.C14H24F6O3Si2.C13H28O4Si2.C12H26O5Si2/c1-11(2)12(22)23-13(14(16,17)18,15(19,20)21)9-8-10-26(6,7)24-25(3,4)5;1-10(2)11(21)22-12(13(15,16)17,14(18,19)20)8-9-25(6,7)23-24(3,4)5;1-12(2)13(14)16-9-8-15-10-11-19(6,7)17-18(3,4)5;1-10(2)12(14)15-8-11(13)9-16-19(6,7)17-18(3,4)5/h1,8-10H2,2-7H3;1,8-9H2,2-7H3;1,8-11H2,2-7H3;11,13H,1,8-9H2,2-7H3. The zero-order valence-corrected chi connectivity index (χ0v) is 64.9. The highest BCUT2D eigenvalue weighted by atomic mass is 28.4. The van der Waals surface area contributed by atoms with Gasteiger partial charge in [-0.1, -0.05) is 26.3 Å². The molecule has 0 rings (SSSR count). The predicted octanol–water partition coefficient (Wildman–Crippen LogP) is 16.4. The largest absolute Gasteiger partial charge is 0.460 e. The summed E-state index contributed by atoms with van der Waals surface area (Å²) in [6, 6.07) is 0.571. The molecule has 0 amide bonds. The summed E-state index contributed by atoms with van der Waals surface area (Å²) in [5.74, 6) is -4.33. The quantitative estimate of drug-likeness (QED) is 0.0168. The van der Waals surface area contributed by atoms with Crippen molar-refractivity contribution in [3.05, 3.63) is 48.6 Å². The lowest BCUT2D eigenvalue weighted by Crippen LogP contribution is -2.60. The van der Waals surface area contributed by atoms with E-state index in [-0.39, 0.29) is 31.8 Å². The minimum atomic E-state index is -5.82. The van der Waals surface area contributed by atoms with Gasteiger partial charge >= 0.3 is 68.3 Å². The smallest absolute Gasteiger partial charge is 0.437 e. The van der Waals surface area contributed by atoms with Gasteiger partial charge < -0.3 is 49.7 Å². The van der Waals surface area contributed by atoms with Gasteiger partial charge in [-0.2, -0.15) is 52.7 Å². The van der Waals surface area contributed by atoms with Crippen LogP contribution in [0.4, 0.5) is 52.7 Å². The van der Waals surface area contributed by atoms with E-state index < -0.39 is 163 Å². The number of esters is 4. The van der Waals surface area contributed by atoms with Gasteiger partial charge in [0, 0.05) is 41.7 Å². The molecule has 0 heterocycles. The normalized spacial score (nSPS) is 13.9. The maximum Gasteiger partial charge on any atom is 0.437 e. The molecule has 0 saturated heterocycles. The summed E-state index contributed by atoms with van der Waals surface area (Å²) < 4.78 is 213. The number of ether oxygens (including phenoxy) is 5. The van der Waals surface area contributed by atoms with Gasteiger partial charge in [-0.25, -0.2) is 19.2 Å². The van der Waals surface area contributed by atoms with Crippen molar-refractivity contribution in [3.63, 3.8) is 0 Å². The molecule has 1 atom stereocenters. The molecule has 0 aliphatic carbocycles. The van der Waals surface area contributed by atoms with Crippen LogP contribution in [0.3, 0.4) is 0 Å². The second-order valence-corrected chi connectivity index (χ2v) is 62.8. The predicted molar refractivity (Wildman–Crippen MR) is 342 cm³/mol. The maximum atomic E-state index is 13.4. The Bertz CT molecular complexity index is 2260. The summed E-state index contributed by atoms with van der Waals surface area (Å²) in [7, 11) is -16.4. The maximum absolute atomic E-state index is 13.4. The first-order valence-corrected chi connectivity index (χ1v) is 54.1. The van der Waals surface area contributed by atoms with E-state index in [1.165, 1.54) is 0 Å². The second-order valence-electron chi connectivity index (χ2n) is 27.5. The van der Waals surface area contributed by atoms with E-state index in [9.17, 15) is 77.0 Å². The Kier molecular flexibility index (Phi) is 37.9. The topological polar surface area (TPSA) is 181 Å². The van der Waals surface area contributed by atoms with Crippen LogP contribution in [-0.2, 0) is 63.7 Å². The molecule has 526 valence electrons. The van der Waals surface area contributed by atoms with Crippen molar-refractivity contribution in [2.45, 2.75) is 238 Å². The lowest BCUT2D eigenvalue weighted by Gasteiger charge is -2.39. The van der Waals surface area contributed by atoms with Crippen molar-refractivity contribution < 1.29 is 122 Å². The number of carbonyl (C=O) groups excluding carboxylic acids is 4. The Labute approximate surface area is 529 Å². The molecule has 35 heteroatoms. The highest BCUT2D eigenvalue weighted by molar-refractivity contribution is 6.85. The molecule has 0 aliphatic heterocycles. The van der Waals surface area contributed by atoms with Crippen LogP contribution < -0.4 is 0 Å². The molecule has 1 unspecified atom stereocenters. The number of hydrogen-bond acceptors (Lipinski definition) is 15. The summed E-state index contributed by atoms with van der Waals surface area (Å²) in [4.78, 5) is 45.2. The summed E-state index contributed by atoms with van der Waals surface area (Å²) in [6.45, 7) is 58.5. The van der Waals surface area contributed by atoms with Crippen LogP contribution in [0.15, 0.2) is 48.6 Å². The molecule has 0 aromatic rings. The van der Waals surface area contributed by atoms with E-state index in [0.717, 1.165) is 19.9 Å². The van der Waals surface area contributed by atoms with Crippen molar-refractivity contribution in [2.75, 3.05) is 33.0 Å². The molecule has 0 aliphatic rings. The lowest BCUT2D eigenvalue weighted by atomic mass is 9.96. The fourth-order valence-electron chi connectivity index (χ4n) is 7.74. The molecule has 0 bridgehead atoms. The third-order valence-corrected chi connectivity index (χ3v) is 34.5. The third kappa shape index (κ3) is 41.7. The molecule has 0 aromatic carbocycles. The Hall–Kier alpha value is -2.54. The Balaban J connectivity index is -0.000000547. The molecule has 1 N–H and O–H groups in total. The number of aliphatic hydroxyl groups is 1. The highest BCUT2D eigenvalue weighted by Crippen LogP contribution is 2.51. The van der Waals surface area contributed by atoms with E-state index in [0.29, 0.717) is 24.4 Å². The van der Waals surface area contributed by atoms with Gasteiger partial charge in [-0.15, -0.1) is 0 Å². The number of aliphatic hydroxyl groups excluding tert-OH is 1. The van der Waals surface area contributed by atoms with E-state index in [1.807, 2.05) is 32.7 Å². The Morgan fingerprint density at radius 1 is 0.393 bits per heavy atom. The fourth-order valence-corrected chi connectivity index (χ4v) is 38.2. The van der Waals surface area contributed by atoms with E-state index in [2.05, 4.69) is 88.2 Å². The minimum absolute atomic E-state index is 0.0792. The zero-order chi connectivity index (χ0) is 72.0. The molecular weight excluding hydrogens is 1340 g/mol. The van der Waals surface area contributed by atoms with Gasteiger partial charge in [-0.3, -0.25) is 0 Å². The van der Waals surface area contributed by atoms with Crippen LogP contribution in [0.25, 0.3) is 0 Å². The van der Waals surface area contributed by atoms with Crippen LogP contribution in [0, 0.1) is 0 Å². The lowest BCUT2D eigenvalue weighted by molar-refractivity contribution is -0.370. The van der Waals surface area contributed by atoms with Crippen LogP contribution in [0.2, 0.25) is 149 Å². The van der Waals surface area contributed by atoms with Gasteiger partial charge in [-0.05, 0) is 183 Å². The van der Waals surface area contributed by atoms with Gasteiger partial charge in [0.1, 0.15) is 19.3 Å². The van der Waals surface area contributed by atoms with Crippen molar-refractivity contribution >= 4 is 90.7 Å². The molecule has 89 heavy (non-hydrogen) atoms. The number of alkyl halides is 12. The van der Waals surface area contributed by atoms with Gasteiger partial charge in [0.05, 0.1) is 13.2 Å². The van der Waals surface area contributed by atoms with Gasteiger partial charge in [0.25, 0.3) is 0 Å². The number of halogens is 12. The average molecular weight is 1450 g/mol. The van der Waals surface area contributed by atoms with Crippen molar-refractivity contribution in [2.24, 2.45) is 0 Å². The first-order valence-electron chi connectivity index (χ1n) is 28.3. The summed E-state index contributed by atoms with van der Waals surface area (Å²) in [6.07, 6.45) is -27.4. The molecule has 0 fully saturated rings. The van der Waals surface area contributed by atoms with Crippen molar-refractivity contribution in [1.82, 2.24) is 0 Å². The van der Waals surface area contributed by atoms with E-state index in [1.54, 1.807) is 59.7 Å². The Morgan fingerprint density at radius 3 is 1.01 bits per heavy atom. The minimum Gasteiger partial charge on any atom is -0.460 e. The monoisotopic (exact) mass is 1440 g/mol. The molecule has 15 nitrogen and oxygen atoms in total. The number of hydrogen-bond donors (Lipinski definition) is 1. The molecular formula is C54H104F12O15Si8. The van der Waals surface area contributed by atoms with Crippen molar-refractivity contribution in [1.29, 1.82) is 0 Å². The molecule has 0 radical (unpaired) electrons. The molecule has 0 aromatic heterocycles. The second kappa shape index (κ2) is 36.4. The zero-order valence-electron chi connectivity index (χ0n) is 56.9. The molecule has 0 spiro atoms. The average Bonchev–Trinajstić information content (AvgIpc) is 1.13. The van der Waals surface area contributed by atoms with Crippen LogP contribution in [-0.4, -0.2) is 171 Å². The highest BCUT2D eigenvalue weighted by Gasteiger charge is 2.75. The summed E-state index contributed by atoms with van der Waals surface area (Å²) in [5.41, 5.74) is -9.50. The SMILES string of the molecule is C=C(C)C(=O)OC(CCC[Si](C)(C)O[Si](C)(C)C)(C(F)(F)F)C(F)(F)F.C=C(C)C(=O)OC(CC[Si](C)(C)O[Si](C)(C)C)(C(F)(F)F)C(F)(F)F.C=C(C)C(=O)OCC(O)CO[Si](C)(C)O[Si](C)(C)C.C=C(C)C(=O)OCCOCC[Si](C)(C)O[Si](C)(C)C. The molecule has 0 saturated carbocycles. The first-order chi connectivity index (χ1) is 38.9. The van der Waals surface area contributed by atoms with E-state index in [4.69, 9.17) is 35.1 Å². The van der Waals surface area contributed by atoms with Crippen LogP contribution in [0.5, 0.6) is 0 Å². The third-order valence-electron chi connectivity index (χ3n) is 10.8. The van der Waals surface area contributed by atoms with Gasteiger partial charge in [0.15, 0.2) is 58.2 Å². The van der Waals surface area contributed by atoms with Gasteiger partial charge in [0.2, 0.25) is 0 Å². The van der Waals surface area contributed by atoms with Crippen LogP contribution >= 0.6 is 0 Å².